The molecular formula is C21H34N2O. The van der Waals surface area contributed by atoms with E-state index in [-0.39, 0.29) is 11.4 Å². The minimum atomic E-state index is 0.0163. The van der Waals surface area contributed by atoms with E-state index in [4.69, 9.17) is 0 Å². The summed E-state index contributed by atoms with van der Waals surface area (Å²) < 4.78 is 0. The highest BCUT2D eigenvalue weighted by Gasteiger charge is 2.32. The summed E-state index contributed by atoms with van der Waals surface area (Å²) in [5.74, 6) is 1.64. The molecule has 1 aromatic rings. The Hall–Kier alpha value is -1.35. The second kappa shape index (κ2) is 8.15. The van der Waals surface area contributed by atoms with Gasteiger partial charge in [-0.3, -0.25) is 9.69 Å². The fourth-order valence-corrected chi connectivity index (χ4v) is 3.68. The van der Waals surface area contributed by atoms with Gasteiger partial charge in [-0.15, -0.1) is 0 Å². The fraction of sp³-hybridized carbons (Fsp3) is 0.667. The van der Waals surface area contributed by atoms with Gasteiger partial charge in [0.2, 0.25) is 5.91 Å². The Morgan fingerprint density at radius 3 is 2.33 bits per heavy atom. The number of aryl methyl sites for hydroxylation is 2. The normalized spacial score (nSPS) is 22.4. The molecule has 24 heavy (non-hydrogen) atoms. The number of hydrogen-bond acceptors (Lipinski definition) is 2. The van der Waals surface area contributed by atoms with Crippen molar-refractivity contribution in [2.45, 2.75) is 59.4 Å². The molecule has 1 heterocycles. The van der Waals surface area contributed by atoms with Crippen LogP contribution in [-0.2, 0) is 11.2 Å². The van der Waals surface area contributed by atoms with E-state index in [9.17, 15) is 4.79 Å². The fourth-order valence-electron chi connectivity index (χ4n) is 3.68. The minimum absolute atomic E-state index is 0.0163. The second-order valence-corrected chi connectivity index (χ2v) is 8.43. The van der Waals surface area contributed by atoms with Crippen LogP contribution in [0, 0.1) is 18.8 Å². The number of carbonyl (C=O) groups excluding carboxylic acids is 1. The number of rotatable bonds is 6. The molecule has 0 aromatic heterocycles. The van der Waals surface area contributed by atoms with Crippen molar-refractivity contribution in [3.8, 4) is 0 Å². The maximum absolute atomic E-state index is 12.2. The van der Waals surface area contributed by atoms with Crippen molar-refractivity contribution in [1.82, 2.24) is 10.2 Å². The average Bonchev–Trinajstić information content (AvgIpc) is 2.51. The van der Waals surface area contributed by atoms with Crippen molar-refractivity contribution < 1.29 is 4.79 Å². The molecule has 0 bridgehead atoms. The monoisotopic (exact) mass is 330 g/mol. The van der Waals surface area contributed by atoms with E-state index in [1.165, 1.54) is 17.5 Å². The zero-order valence-electron chi connectivity index (χ0n) is 16.1. The van der Waals surface area contributed by atoms with Gasteiger partial charge in [-0.1, -0.05) is 43.7 Å². The molecule has 0 radical (unpaired) electrons. The van der Waals surface area contributed by atoms with E-state index in [2.05, 4.69) is 69.1 Å². The van der Waals surface area contributed by atoms with Crippen molar-refractivity contribution in [3.63, 3.8) is 0 Å². The average molecular weight is 331 g/mol. The third kappa shape index (κ3) is 5.62. The largest absolute Gasteiger partial charge is 0.354 e. The van der Waals surface area contributed by atoms with Crippen molar-refractivity contribution in [2.75, 3.05) is 19.6 Å². The second-order valence-electron chi connectivity index (χ2n) is 8.43. The lowest BCUT2D eigenvalue weighted by Crippen LogP contribution is -2.56. The van der Waals surface area contributed by atoms with Gasteiger partial charge >= 0.3 is 0 Å². The predicted octanol–water partition coefficient (Wildman–Crippen LogP) is 3.80. The Bertz CT molecular complexity index is 525. The number of benzene rings is 1. The first-order chi connectivity index (χ1) is 11.3. The molecule has 0 saturated carbocycles. The maximum atomic E-state index is 12.2. The molecule has 1 N–H and O–H groups in total. The number of nitrogens with one attached hydrogen (secondary N) is 1. The van der Waals surface area contributed by atoms with Gasteiger partial charge in [0.1, 0.15) is 0 Å². The molecule has 2 rings (SSSR count). The summed E-state index contributed by atoms with van der Waals surface area (Å²) >= 11 is 0. The number of amides is 1. The molecule has 1 aromatic carbocycles. The lowest BCUT2D eigenvalue weighted by molar-refractivity contribution is -0.121. The van der Waals surface area contributed by atoms with Crippen LogP contribution in [0.2, 0.25) is 0 Å². The van der Waals surface area contributed by atoms with Crippen molar-refractivity contribution in [2.24, 2.45) is 11.8 Å². The van der Waals surface area contributed by atoms with Crippen LogP contribution in [0.15, 0.2) is 24.3 Å². The first-order valence-corrected chi connectivity index (χ1v) is 9.33. The van der Waals surface area contributed by atoms with Crippen molar-refractivity contribution >= 4 is 5.91 Å². The Kier molecular flexibility index (Phi) is 6.45. The van der Waals surface area contributed by atoms with Crippen LogP contribution in [0.1, 0.15) is 51.7 Å². The van der Waals surface area contributed by atoms with Crippen LogP contribution in [-0.4, -0.2) is 36.0 Å². The highest BCUT2D eigenvalue weighted by molar-refractivity contribution is 5.76. The van der Waals surface area contributed by atoms with Crippen LogP contribution >= 0.6 is 0 Å². The SMILES string of the molecule is Cc1ccc(CCC(=O)NCC(C)(C)N2CC(C)CC(C)C2)cc1. The third-order valence-electron chi connectivity index (χ3n) is 5.20. The summed E-state index contributed by atoms with van der Waals surface area (Å²) in [5, 5.41) is 3.15. The van der Waals surface area contributed by atoms with Crippen molar-refractivity contribution in [3.05, 3.63) is 35.4 Å². The van der Waals surface area contributed by atoms with Crippen LogP contribution in [0.5, 0.6) is 0 Å². The standard InChI is InChI=1S/C21H34N2O/c1-16-6-8-19(9-7-16)10-11-20(24)22-15-21(4,5)23-13-17(2)12-18(3)14-23/h6-9,17-18H,10-15H2,1-5H3,(H,22,24). The summed E-state index contributed by atoms with van der Waals surface area (Å²) in [5.41, 5.74) is 2.51. The minimum Gasteiger partial charge on any atom is -0.354 e. The van der Waals surface area contributed by atoms with Crippen molar-refractivity contribution in [1.29, 1.82) is 0 Å². The predicted molar refractivity (Wildman–Crippen MR) is 101 cm³/mol. The van der Waals surface area contributed by atoms with Gasteiger partial charge in [-0.2, -0.15) is 0 Å². The van der Waals surface area contributed by atoms with Crippen LogP contribution < -0.4 is 5.32 Å². The Balaban J connectivity index is 1.78. The zero-order chi connectivity index (χ0) is 17.7. The maximum Gasteiger partial charge on any atom is 0.220 e. The van der Waals surface area contributed by atoms with Gasteiger partial charge in [-0.25, -0.2) is 0 Å². The highest BCUT2D eigenvalue weighted by Crippen LogP contribution is 2.26. The molecule has 0 spiro atoms. The summed E-state index contributed by atoms with van der Waals surface area (Å²) in [4.78, 5) is 14.8. The summed E-state index contributed by atoms with van der Waals surface area (Å²) in [6.07, 6.45) is 2.69. The summed E-state index contributed by atoms with van der Waals surface area (Å²) in [6.45, 7) is 14.2. The topological polar surface area (TPSA) is 32.3 Å². The first kappa shape index (κ1) is 19.0. The molecule has 1 saturated heterocycles. The quantitative estimate of drug-likeness (QED) is 0.860. The van der Waals surface area contributed by atoms with E-state index in [1.807, 2.05) is 0 Å². The lowest BCUT2D eigenvalue weighted by Gasteiger charge is -2.45. The van der Waals surface area contributed by atoms with E-state index in [0.29, 0.717) is 6.42 Å². The van der Waals surface area contributed by atoms with E-state index in [0.717, 1.165) is 37.9 Å². The van der Waals surface area contributed by atoms with E-state index in [1.54, 1.807) is 0 Å². The summed E-state index contributed by atoms with van der Waals surface area (Å²) in [6, 6.07) is 8.44. The molecule has 3 nitrogen and oxygen atoms in total. The lowest BCUT2D eigenvalue weighted by atomic mass is 9.88. The molecule has 1 aliphatic rings. The third-order valence-corrected chi connectivity index (χ3v) is 5.20. The van der Waals surface area contributed by atoms with Crippen LogP contribution in [0.3, 0.4) is 0 Å². The molecule has 3 heteroatoms. The Morgan fingerprint density at radius 1 is 1.17 bits per heavy atom. The number of hydrogen-bond donors (Lipinski definition) is 1. The smallest absolute Gasteiger partial charge is 0.220 e. The number of carbonyl (C=O) groups is 1. The zero-order valence-corrected chi connectivity index (χ0v) is 16.1. The van der Waals surface area contributed by atoms with E-state index >= 15 is 0 Å². The molecule has 2 unspecified atom stereocenters. The first-order valence-electron chi connectivity index (χ1n) is 9.33. The van der Waals surface area contributed by atoms with Gasteiger partial charge in [0.15, 0.2) is 0 Å². The Morgan fingerprint density at radius 2 is 1.75 bits per heavy atom. The number of nitrogens with zero attached hydrogens (tertiary/aromatic N) is 1. The molecule has 134 valence electrons. The van der Waals surface area contributed by atoms with Crippen LogP contribution in [0.4, 0.5) is 0 Å². The number of likely N-dealkylation sites (tertiary alicyclic amines) is 1. The number of piperidine rings is 1. The van der Waals surface area contributed by atoms with Gasteiger partial charge in [0.25, 0.3) is 0 Å². The molecule has 1 amide bonds. The van der Waals surface area contributed by atoms with Gasteiger partial charge in [0.05, 0.1) is 0 Å². The summed E-state index contributed by atoms with van der Waals surface area (Å²) in [7, 11) is 0. The molecular weight excluding hydrogens is 296 g/mol. The molecule has 1 aliphatic heterocycles. The highest BCUT2D eigenvalue weighted by atomic mass is 16.1. The van der Waals surface area contributed by atoms with Gasteiger partial charge < -0.3 is 5.32 Å². The van der Waals surface area contributed by atoms with Gasteiger partial charge in [-0.05, 0) is 51.0 Å². The van der Waals surface area contributed by atoms with Gasteiger partial charge in [0, 0.05) is 31.6 Å². The molecule has 0 aliphatic carbocycles. The Labute approximate surface area is 147 Å². The molecule has 2 atom stereocenters. The van der Waals surface area contributed by atoms with Crippen LogP contribution in [0.25, 0.3) is 0 Å². The molecule has 1 fully saturated rings. The van der Waals surface area contributed by atoms with E-state index < -0.39 is 0 Å².